The molecule has 1 fully saturated rings. The van der Waals surface area contributed by atoms with E-state index in [0.717, 1.165) is 16.7 Å². The number of anilines is 1. The minimum Gasteiger partial charge on any atom is -0.508 e. The number of rotatable bonds is 9. The van der Waals surface area contributed by atoms with Gasteiger partial charge in [0, 0.05) is 37.4 Å². The number of esters is 1. The van der Waals surface area contributed by atoms with Crippen LogP contribution in [0.3, 0.4) is 0 Å². The highest BCUT2D eigenvalue weighted by Crippen LogP contribution is 2.36. The number of carbonyl (C=O) groups is 3. The molecule has 3 atom stereocenters. The van der Waals surface area contributed by atoms with E-state index >= 15 is 0 Å². The van der Waals surface area contributed by atoms with Crippen LogP contribution in [0.25, 0.3) is 0 Å². The Morgan fingerprint density at radius 3 is 2.39 bits per heavy atom. The van der Waals surface area contributed by atoms with Crippen molar-refractivity contribution in [2.75, 3.05) is 18.5 Å². The SMILES string of the molecule is CCOC(=O)CCC(c1ccccc1)c1cccc(NC(=O)[C@@H]2C(c3ccc(O)cc3)CCN2C(C)=O)c1. The number of nitrogens with zero attached hydrogens (tertiary/aromatic N) is 1. The van der Waals surface area contributed by atoms with Gasteiger partial charge in [-0.3, -0.25) is 14.4 Å². The first-order valence-electron chi connectivity index (χ1n) is 13.0. The van der Waals surface area contributed by atoms with Crippen LogP contribution in [-0.2, 0) is 19.1 Å². The minimum absolute atomic E-state index is 0.0533. The van der Waals surface area contributed by atoms with Crippen molar-refractivity contribution in [2.45, 2.75) is 51.0 Å². The Morgan fingerprint density at radius 1 is 1.00 bits per heavy atom. The molecular weight excluding hydrogens is 480 g/mol. The van der Waals surface area contributed by atoms with E-state index in [1.807, 2.05) is 54.6 Å². The first kappa shape index (κ1) is 26.9. The van der Waals surface area contributed by atoms with Crippen LogP contribution in [0.1, 0.15) is 61.6 Å². The van der Waals surface area contributed by atoms with Gasteiger partial charge in [0.1, 0.15) is 11.8 Å². The van der Waals surface area contributed by atoms with E-state index in [-0.39, 0.29) is 41.8 Å². The van der Waals surface area contributed by atoms with E-state index in [2.05, 4.69) is 5.32 Å². The molecule has 0 radical (unpaired) electrons. The molecule has 4 rings (SSSR count). The summed E-state index contributed by atoms with van der Waals surface area (Å²) in [5.74, 6) is -0.710. The molecule has 2 amide bonds. The van der Waals surface area contributed by atoms with Crippen molar-refractivity contribution in [1.29, 1.82) is 0 Å². The average molecular weight is 515 g/mol. The number of amides is 2. The number of aromatic hydroxyl groups is 1. The second-order valence-corrected chi connectivity index (χ2v) is 9.57. The van der Waals surface area contributed by atoms with Gasteiger partial charge in [-0.05, 0) is 60.7 Å². The van der Waals surface area contributed by atoms with Crippen LogP contribution in [0.15, 0.2) is 78.9 Å². The number of phenols is 1. The fraction of sp³-hybridized carbons (Fsp3) is 0.323. The third-order valence-corrected chi connectivity index (χ3v) is 7.09. The first-order valence-corrected chi connectivity index (χ1v) is 13.0. The highest BCUT2D eigenvalue weighted by Gasteiger charge is 2.41. The summed E-state index contributed by atoms with van der Waals surface area (Å²) < 4.78 is 5.14. The van der Waals surface area contributed by atoms with Gasteiger partial charge in [0.05, 0.1) is 6.61 Å². The molecule has 2 N–H and O–H groups in total. The van der Waals surface area contributed by atoms with Gasteiger partial charge in [0.15, 0.2) is 0 Å². The van der Waals surface area contributed by atoms with Gasteiger partial charge < -0.3 is 20.1 Å². The second-order valence-electron chi connectivity index (χ2n) is 9.57. The van der Waals surface area contributed by atoms with E-state index in [4.69, 9.17) is 4.74 Å². The summed E-state index contributed by atoms with van der Waals surface area (Å²) in [6, 6.07) is 23.8. The Labute approximate surface area is 223 Å². The van der Waals surface area contributed by atoms with Crippen LogP contribution in [0, 0.1) is 0 Å². The highest BCUT2D eigenvalue weighted by molar-refractivity contribution is 5.98. The van der Waals surface area contributed by atoms with Crippen LogP contribution in [0.5, 0.6) is 5.75 Å². The fourth-order valence-electron chi connectivity index (χ4n) is 5.30. The summed E-state index contributed by atoms with van der Waals surface area (Å²) in [6.45, 7) is 4.11. The Hall–Kier alpha value is -4.13. The van der Waals surface area contributed by atoms with E-state index < -0.39 is 6.04 Å². The van der Waals surface area contributed by atoms with Crippen LogP contribution in [0.2, 0.25) is 0 Å². The summed E-state index contributed by atoms with van der Waals surface area (Å²) in [4.78, 5) is 39.7. The maximum Gasteiger partial charge on any atom is 0.305 e. The number of nitrogens with one attached hydrogen (secondary N) is 1. The molecule has 2 unspecified atom stereocenters. The Kier molecular flexibility index (Phi) is 8.79. The second kappa shape index (κ2) is 12.4. The topological polar surface area (TPSA) is 95.9 Å². The van der Waals surface area contributed by atoms with E-state index in [1.54, 1.807) is 36.1 Å². The molecule has 7 nitrogen and oxygen atoms in total. The summed E-state index contributed by atoms with van der Waals surface area (Å²) >= 11 is 0. The molecule has 198 valence electrons. The van der Waals surface area contributed by atoms with Gasteiger partial charge in [-0.2, -0.15) is 0 Å². The van der Waals surface area contributed by atoms with Crippen molar-refractivity contribution >= 4 is 23.5 Å². The van der Waals surface area contributed by atoms with Crippen molar-refractivity contribution < 1.29 is 24.2 Å². The first-order chi connectivity index (χ1) is 18.4. The Bertz CT molecular complexity index is 1260. The van der Waals surface area contributed by atoms with Gasteiger partial charge >= 0.3 is 5.97 Å². The van der Waals surface area contributed by atoms with Gasteiger partial charge in [-0.15, -0.1) is 0 Å². The minimum atomic E-state index is -0.658. The molecule has 3 aromatic rings. The molecule has 0 bridgehead atoms. The maximum absolute atomic E-state index is 13.6. The van der Waals surface area contributed by atoms with Gasteiger partial charge in [-0.25, -0.2) is 0 Å². The largest absolute Gasteiger partial charge is 0.508 e. The number of benzene rings is 3. The van der Waals surface area contributed by atoms with Crippen molar-refractivity contribution in [3.63, 3.8) is 0 Å². The van der Waals surface area contributed by atoms with E-state index in [9.17, 15) is 19.5 Å². The smallest absolute Gasteiger partial charge is 0.305 e. The molecule has 1 heterocycles. The Balaban J connectivity index is 1.57. The van der Waals surface area contributed by atoms with Crippen molar-refractivity contribution in [3.8, 4) is 5.75 Å². The molecule has 38 heavy (non-hydrogen) atoms. The van der Waals surface area contributed by atoms with E-state index in [0.29, 0.717) is 31.7 Å². The van der Waals surface area contributed by atoms with E-state index in [1.165, 1.54) is 6.92 Å². The molecular formula is C31H34N2O5. The molecule has 3 aromatic carbocycles. The van der Waals surface area contributed by atoms with Crippen LogP contribution < -0.4 is 5.32 Å². The number of hydrogen-bond acceptors (Lipinski definition) is 5. The lowest BCUT2D eigenvalue weighted by molar-refractivity contribution is -0.143. The normalized spacial score (nSPS) is 17.6. The average Bonchev–Trinajstić information content (AvgIpc) is 3.36. The fourth-order valence-corrected chi connectivity index (χ4v) is 5.30. The predicted molar refractivity (Wildman–Crippen MR) is 146 cm³/mol. The van der Waals surface area contributed by atoms with Crippen LogP contribution >= 0.6 is 0 Å². The van der Waals surface area contributed by atoms with Gasteiger partial charge in [0.25, 0.3) is 0 Å². The number of phenolic OH excluding ortho intramolecular Hbond substituents is 1. The molecule has 0 spiro atoms. The predicted octanol–water partition coefficient (Wildman–Crippen LogP) is 5.21. The summed E-state index contributed by atoms with van der Waals surface area (Å²) in [7, 11) is 0. The molecule has 7 heteroatoms. The lowest BCUT2D eigenvalue weighted by atomic mass is 9.87. The maximum atomic E-state index is 13.6. The number of ether oxygens (including phenoxy) is 1. The Morgan fingerprint density at radius 2 is 1.71 bits per heavy atom. The number of hydrogen-bond donors (Lipinski definition) is 2. The summed E-state index contributed by atoms with van der Waals surface area (Å²) in [5.41, 5.74) is 3.59. The van der Waals surface area contributed by atoms with Crippen molar-refractivity contribution in [3.05, 3.63) is 95.6 Å². The third-order valence-electron chi connectivity index (χ3n) is 7.09. The summed E-state index contributed by atoms with van der Waals surface area (Å²) in [5, 5.41) is 12.7. The third kappa shape index (κ3) is 6.40. The highest BCUT2D eigenvalue weighted by atomic mass is 16.5. The van der Waals surface area contributed by atoms with Crippen molar-refractivity contribution in [2.24, 2.45) is 0 Å². The lowest BCUT2D eigenvalue weighted by Gasteiger charge is -2.27. The summed E-state index contributed by atoms with van der Waals surface area (Å²) in [6.07, 6.45) is 1.52. The van der Waals surface area contributed by atoms with Crippen LogP contribution in [0.4, 0.5) is 5.69 Å². The molecule has 1 aliphatic heterocycles. The van der Waals surface area contributed by atoms with Gasteiger partial charge in [-0.1, -0.05) is 54.6 Å². The molecule has 0 saturated carbocycles. The number of carbonyl (C=O) groups excluding carboxylic acids is 3. The quantitative estimate of drug-likeness (QED) is 0.382. The molecule has 1 aliphatic rings. The van der Waals surface area contributed by atoms with Gasteiger partial charge in [0.2, 0.25) is 11.8 Å². The number of likely N-dealkylation sites (tertiary alicyclic amines) is 1. The lowest BCUT2D eigenvalue weighted by Crippen LogP contribution is -2.44. The zero-order chi connectivity index (χ0) is 27.1. The van der Waals surface area contributed by atoms with Crippen molar-refractivity contribution in [1.82, 2.24) is 4.90 Å². The monoisotopic (exact) mass is 514 g/mol. The standard InChI is InChI=1S/C31H34N2O5/c1-3-38-29(36)17-16-27(22-8-5-4-6-9-22)24-10-7-11-25(20-24)32-31(37)30-28(18-19-33(30)21(2)34)23-12-14-26(35)15-13-23/h4-15,20,27-28,30,35H,3,16-19H2,1-2H3,(H,32,37)/t27?,28?,30-/m0/s1. The zero-order valence-corrected chi connectivity index (χ0v) is 21.8. The molecule has 0 aromatic heterocycles. The van der Waals surface area contributed by atoms with Crippen LogP contribution in [-0.4, -0.2) is 47.0 Å². The zero-order valence-electron chi connectivity index (χ0n) is 21.8. The molecule has 0 aliphatic carbocycles. The molecule has 1 saturated heterocycles.